The molecule has 0 bridgehead atoms. The van der Waals surface area contributed by atoms with Crippen molar-refractivity contribution in [1.29, 1.82) is 0 Å². The fourth-order valence-corrected chi connectivity index (χ4v) is 5.98. The molecule has 5 heterocycles. The van der Waals surface area contributed by atoms with Crippen molar-refractivity contribution >= 4 is 50.3 Å². The minimum absolute atomic E-state index is 0.258. The van der Waals surface area contributed by atoms with E-state index in [2.05, 4.69) is 30.2 Å². The van der Waals surface area contributed by atoms with E-state index in [0.29, 0.717) is 55.9 Å². The lowest BCUT2D eigenvalue weighted by atomic mass is 10.0. The normalized spacial score (nSPS) is 19.2. The maximum absolute atomic E-state index is 13.4. The molecule has 1 aliphatic carbocycles. The molecule has 0 radical (unpaired) electrons. The fourth-order valence-electron chi connectivity index (χ4n) is 5.03. The molecule has 6 rings (SSSR count). The molecule has 1 saturated heterocycles. The molecule has 190 valence electrons. The van der Waals surface area contributed by atoms with Crippen molar-refractivity contribution < 1.29 is 14.3 Å². The Balaban J connectivity index is 1.29. The van der Waals surface area contributed by atoms with Crippen molar-refractivity contribution in [2.45, 2.75) is 38.3 Å². The highest BCUT2D eigenvalue weighted by Gasteiger charge is 2.37. The number of aromatic nitrogens is 5. The fraction of sp³-hybridized carbons (Fsp3) is 0.360. The van der Waals surface area contributed by atoms with E-state index in [4.69, 9.17) is 26.1 Å². The number of fused-ring (bicyclic) bond motifs is 2. The monoisotopic (exact) mass is 537 g/mol. The first-order valence-electron chi connectivity index (χ1n) is 12.0. The summed E-state index contributed by atoms with van der Waals surface area (Å²) in [6, 6.07) is 3.81. The number of nitrogens with zero attached hydrogens (tertiary/aromatic N) is 6. The maximum Gasteiger partial charge on any atom is 0.259 e. The van der Waals surface area contributed by atoms with Crippen molar-refractivity contribution in [3.63, 3.8) is 0 Å². The Morgan fingerprint density at radius 3 is 2.92 bits per heavy atom. The van der Waals surface area contributed by atoms with Crippen LogP contribution in [0.1, 0.15) is 35.3 Å². The third-order valence-corrected chi connectivity index (χ3v) is 7.80. The molecule has 1 N–H and O–H groups in total. The molecule has 0 aromatic carbocycles. The lowest BCUT2D eigenvalue weighted by Gasteiger charge is -2.38. The van der Waals surface area contributed by atoms with Gasteiger partial charge in [0.2, 0.25) is 0 Å². The average Bonchev–Trinajstić information content (AvgIpc) is 3.54. The highest BCUT2D eigenvalue weighted by atomic mass is 35.5. The topological polar surface area (TPSA) is 115 Å². The molecule has 4 aromatic rings. The first kappa shape index (κ1) is 24.0. The zero-order chi connectivity index (χ0) is 25.5. The van der Waals surface area contributed by atoms with Gasteiger partial charge < -0.3 is 14.4 Å². The van der Waals surface area contributed by atoms with E-state index in [1.165, 1.54) is 23.7 Å². The number of pyridine rings is 2. The molecule has 1 aliphatic heterocycles. The minimum Gasteiger partial charge on any atom is -0.494 e. The number of halogens is 1. The Morgan fingerprint density at radius 1 is 1.16 bits per heavy atom. The summed E-state index contributed by atoms with van der Waals surface area (Å²) in [4.78, 5) is 38.6. The molecule has 0 spiro atoms. The standard InChI is InChI=1S/C25H24ClN7O3S/c1-13-8-14(15-9-20(26)28-11-19(15)35-2)16(10-27-13)23(34)32-25-31-22-24(37-25)30-21(12-29-22)33-6-7-36-18-5-3-4-17(18)33/h8-12,17-18H,3-7H2,1-2H3,(H,29,31,32,34)/t17-,18-/m0/s1. The van der Waals surface area contributed by atoms with Gasteiger partial charge in [-0.15, -0.1) is 0 Å². The van der Waals surface area contributed by atoms with Gasteiger partial charge in [0.25, 0.3) is 5.91 Å². The van der Waals surface area contributed by atoms with Gasteiger partial charge in [-0.1, -0.05) is 22.9 Å². The molecule has 1 amide bonds. The summed E-state index contributed by atoms with van der Waals surface area (Å²) in [5, 5.41) is 3.59. The van der Waals surface area contributed by atoms with Crippen LogP contribution < -0.4 is 15.0 Å². The van der Waals surface area contributed by atoms with Crippen LogP contribution in [0.5, 0.6) is 5.75 Å². The summed E-state index contributed by atoms with van der Waals surface area (Å²) in [5.41, 5.74) is 2.86. The summed E-state index contributed by atoms with van der Waals surface area (Å²) in [6.45, 7) is 3.33. The van der Waals surface area contributed by atoms with Crippen LogP contribution in [-0.2, 0) is 4.74 Å². The average molecular weight is 538 g/mol. The number of hydrogen-bond donors (Lipinski definition) is 1. The third kappa shape index (κ3) is 4.58. The van der Waals surface area contributed by atoms with Crippen molar-refractivity contribution in [2.24, 2.45) is 0 Å². The first-order valence-corrected chi connectivity index (χ1v) is 13.2. The Kier molecular flexibility index (Phi) is 6.35. The Bertz CT molecular complexity index is 1500. The predicted octanol–water partition coefficient (Wildman–Crippen LogP) is 4.52. The second-order valence-corrected chi connectivity index (χ2v) is 10.4. The second kappa shape index (κ2) is 9.81. The summed E-state index contributed by atoms with van der Waals surface area (Å²) < 4.78 is 11.4. The lowest BCUT2D eigenvalue weighted by Crippen LogP contribution is -2.49. The van der Waals surface area contributed by atoms with Gasteiger partial charge in [0.1, 0.15) is 16.7 Å². The number of morpholine rings is 1. The Hall–Kier alpha value is -3.41. The molecule has 1 saturated carbocycles. The van der Waals surface area contributed by atoms with E-state index >= 15 is 0 Å². The van der Waals surface area contributed by atoms with E-state index in [1.807, 2.05) is 13.0 Å². The number of anilines is 2. The molecule has 4 aromatic heterocycles. The second-order valence-electron chi connectivity index (χ2n) is 9.01. The number of carbonyl (C=O) groups is 1. The number of aryl methyl sites for hydroxylation is 1. The molecular weight excluding hydrogens is 514 g/mol. The van der Waals surface area contributed by atoms with E-state index in [9.17, 15) is 4.79 Å². The molecule has 12 heteroatoms. The number of ether oxygens (including phenoxy) is 2. The zero-order valence-corrected chi connectivity index (χ0v) is 21.8. The van der Waals surface area contributed by atoms with Gasteiger partial charge in [-0.25, -0.2) is 15.0 Å². The van der Waals surface area contributed by atoms with Gasteiger partial charge >= 0.3 is 0 Å². The smallest absolute Gasteiger partial charge is 0.259 e. The number of carbonyl (C=O) groups excluding carboxylic acids is 1. The van der Waals surface area contributed by atoms with Crippen molar-refractivity contribution in [1.82, 2.24) is 24.9 Å². The Labute approximate surface area is 222 Å². The summed E-state index contributed by atoms with van der Waals surface area (Å²) in [7, 11) is 1.54. The molecule has 37 heavy (non-hydrogen) atoms. The molecule has 0 unspecified atom stereocenters. The number of thiazole rings is 1. The number of amides is 1. The predicted molar refractivity (Wildman–Crippen MR) is 142 cm³/mol. The number of methoxy groups -OCH3 is 1. The summed E-state index contributed by atoms with van der Waals surface area (Å²) in [5.74, 6) is 0.956. The van der Waals surface area contributed by atoms with Gasteiger partial charge in [0.15, 0.2) is 15.6 Å². The van der Waals surface area contributed by atoms with E-state index < -0.39 is 0 Å². The van der Waals surface area contributed by atoms with E-state index in [-0.39, 0.29) is 12.0 Å². The zero-order valence-electron chi connectivity index (χ0n) is 20.3. The largest absolute Gasteiger partial charge is 0.494 e. The minimum atomic E-state index is -0.362. The molecule has 10 nitrogen and oxygen atoms in total. The van der Waals surface area contributed by atoms with Crippen LogP contribution in [-0.4, -0.2) is 63.2 Å². The van der Waals surface area contributed by atoms with Gasteiger partial charge in [0.05, 0.1) is 43.8 Å². The quantitative estimate of drug-likeness (QED) is 0.367. The van der Waals surface area contributed by atoms with Crippen LogP contribution in [0, 0.1) is 6.92 Å². The van der Waals surface area contributed by atoms with Crippen LogP contribution in [0.3, 0.4) is 0 Å². The number of hydrogen-bond acceptors (Lipinski definition) is 10. The van der Waals surface area contributed by atoms with Crippen LogP contribution in [0.15, 0.2) is 30.7 Å². The SMILES string of the molecule is COc1cnc(Cl)cc1-c1cc(C)ncc1C(=O)Nc1nc2ncc(N3CCO[C@H]4CCC[C@@H]43)nc2s1. The van der Waals surface area contributed by atoms with E-state index in [1.54, 1.807) is 19.4 Å². The molecule has 2 fully saturated rings. The van der Waals surface area contributed by atoms with Crippen LogP contribution in [0.25, 0.3) is 21.6 Å². The van der Waals surface area contributed by atoms with Crippen LogP contribution in [0.2, 0.25) is 5.15 Å². The number of rotatable bonds is 5. The highest BCUT2D eigenvalue weighted by Crippen LogP contribution is 2.36. The maximum atomic E-state index is 13.4. The van der Waals surface area contributed by atoms with Crippen molar-refractivity contribution in [3.8, 4) is 16.9 Å². The summed E-state index contributed by atoms with van der Waals surface area (Å²) >= 11 is 7.44. The lowest BCUT2D eigenvalue weighted by molar-refractivity contribution is 0.0253. The van der Waals surface area contributed by atoms with Gasteiger partial charge in [-0.2, -0.15) is 4.98 Å². The first-order chi connectivity index (χ1) is 18.0. The molecule has 2 aliphatic rings. The van der Waals surface area contributed by atoms with E-state index in [0.717, 1.165) is 37.3 Å². The summed E-state index contributed by atoms with van der Waals surface area (Å²) in [6.07, 6.45) is 8.41. The van der Waals surface area contributed by atoms with Crippen molar-refractivity contribution in [2.75, 3.05) is 30.5 Å². The van der Waals surface area contributed by atoms with Gasteiger partial charge in [-0.05, 0) is 38.3 Å². The van der Waals surface area contributed by atoms with Gasteiger partial charge in [0, 0.05) is 29.6 Å². The Morgan fingerprint density at radius 2 is 2.05 bits per heavy atom. The third-order valence-electron chi connectivity index (χ3n) is 6.74. The molecular formula is C25H24ClN7O3S. The highest BCUT2D eigenvalue weighted by molar-refractivity contribution is 7.21. The van der Waals surface area contributed by atoms with Crippen LogP contribution in [0.4, 0.5) is 10.9 Å². The number of nitrogens with one attached hydrogen (secondary N) is 1. The van der Waals surface area contributed by atoms with Gasteiger partial charge in [-0.3, -0.25) is 15.1 Å². The van der Waals surface area contributed by atoms with Crippen LogP contribution >= 0.6 is 22.9 Å². The molecule has 2 atom stereocenters. The van der Waals surface area contributed by atoms with Crippen molar-refractivity contribution in [3.05, 3.63) is 47.1 Å².